The fraction of sp³-hybridized carbons (Fsp3) is 0.357. The van der Waals surface area contributed by atoms with Gasteiger partial charge in [0.2, 0.25) is 5.91 Å². The number of aromatic nitrogens is 1. The van der Waals surface area contributed by atoms with Gasteiger partial charge in [0.15, 0.2) is 0 Å². The van der Waals surface area contributed by atoms with Crippen LogP contribution in [-0.4, -0.2) is 53.0 Å². The quantitative estimate of drug-likeness (QED) is 0.669. The maximum atomic E-state index is 12.2. The third kappa shape index (κ3) is 3.56. The molecular weight excluding hydrogens is 258 g/mol. The van der Waals surface area contributed by atoms with Crippen LogP contribution in [0.3, 0.4) is 0 Å². The Kier molecular flexibility index (Phi) is 4.69. The topological polar surface area (TPSA) is 82.5 Å². The predicted molar refractivity (Wildman–Crippen MR) is 71.7 cm³/mol. The highest BCUT2D eigenvalue weighted by Gasteiger charge is 2.21. The summed E-state index contributed by atoms with van der Waals surface area (Å²) in [5.41, 5.74) is 0.915. The van der Waals surface area contributed by atoms with Gasteiger partial charge < -0.3 is 15.3 Å². The molecule has 1 aliphatic heterocycles. The molecule has 2 heterocycles. The van der Waals surface area contributed by atoms with E-state index < -0.39 is 0 Å². The van der Waals surface area contributed by atoms with Gasteiger partial charge in [0.1, 0.15) is 12.3 Å². The van der Waals surface area contributed by atoms with Crippen LogP contribution in [0.4, 0.5) is 0 Å². The van der Waals surface area contributed by atoms with E-state index >= 15 is 0 Å². The Morgan fingerprint density at radius 2 is 2.35 bits per heavy atom. The summed E-state index contributed by atoms with van der Waals surface area (Å²) in [5, 5.41) is 11.3. The van der Waals surface area contributed by atoms with Crippen molar-refractivity contribution < 1.29 is 14.7 Å². The van der Waals surface area contributed by atoms with Gasteiger partial charge in [-0.25, -0.2) is 4.98 Å². The number of hydrogen-bond donors (Lipinski definition) is 2. The molecule has 2 amide bonds. The third-order valence-corrected chi connectivity index (χ3v) is 2.84. The summed E-state index contributed by atoms with van der Waals surface area (Å²) in [6.45, 7) is 0.965. The lowest BCUT2D eigenvalue weighted by atomic mass is 10.2. The van der Waals surface area contributed by atoms with Crippen molar-refractivity contribution in [1.82, 2.24) is 15.2 Å². The first-order chi connectivity index (χ1) is 9.70. The van der Waals surface area contributed by atoms with Gasteiger partial charge >= 0.3 is 0 Å². The number of carbonyl (C=O) groups is 2. The van der Waals surface area contributed by atoms with Crippen molar-refractivity contribution in [1.29, 1.82) is 0 Å². The standard InChI is InChI=1S/C14H15N3O3/c18-8-1-3-11-4-5-12(16-9-11)14(20)17-7-2-6-15-13(19)10-17/h4-5,9,18H,2,6-8,10H2,(H,15,19). The number of carbonyl (C=O) groups excluding carboxylic acids is 2. The van der Waals surface area contributed by atoms with Gasteiger partial charge in [-0.1, -0.05) is 11.8 Å². The molecule has 0 atom stereocenters. The molecule has 2 rings (SSSR count). The van der Waals surface area contributed by atoms with E-state index in [4.69, 9.17) is 5.11 Å². The molecule has 1 fully saturated rings. The molecule has 1 saturated heterocycles. The number of aliphatic hydroxyl groups excluding tert-OH is 1. The number of nitrogens with zero attached hydrogens (tertiary/aromatic N) is 2. The van der Waals surface area contributed by atoms with Gasteiger partial charge in [-0.15, -0.1) is 0 Å². The Bertz CT molecular complexity index is 557. The van der Waals surface area contributed by atoms with Gasteiger partial charge in [-0.05, 0) is 18.6 Å². The molecule has 104 valence electrons. The zero-order valence-electron chi connectivity index (χ0n) is 10.9. The lowest BCUT2D eigenvalue weighted by molar-refractivity contribution is -0.121. The number of pyridine rings is 1. The molecule has 0 aromatic carbocycles. The lowest BCUT2D eigenvalue weighted by Gasteiger charge is -2.18. The first-order valence-electron chi connectivity index (χ1n) is 6.32. The highest BCUT2D eigenvalue weighted by molar-refractivity contribution is 5.95. The Morgan fingerprint density at radius 1 is 1.50 bits per heavy atom. The lowest BCUT2D eigenvalue weighted by Crippen LogP contribution is -2.37. The first kappa shape index (κ1) is 14.0. The monoisotopic (exact) mass is 273 g/mol. The van der Waals surface area contributed by atoms with Crippen molar-refractivity contribution in [3.63, 3.8) is 0 Å². The largest absolute Gasteiger partial charge is 0.384 e. The summed E-state index contributed by atoms with van der Waals surface area (Å²) < 4.78 is 0. The summed E-state index contributed by atoms with van der Waals surface area (Å²) in [6.07, 6.45) is 2.21. The second-order valence-electron chi connectivity index (χ2n) is 4.32. The van der Waals surface area contributed by atoms with Crippen LogP contribution in [0, 0.1) is 11.8 Å². The van der Waals surface area contributed by atoms with Crippen LogP contribution in [0.25, 0.3) is 0 Å². The van der Waals surface area contributed by atoms with E-state index in [2.05, 4.69) is 22.1 Å². The fourth-order valence-corrected chi connectivity index (χ4v) is 1.88. The van der Waals surface area contributed by atoms with E-state index in [1.165, 1.54) is 11.1 Å². The molecule has 0 spiro atoms. The molecule has 0 bridgehead atoms. The van der Waals surface area contributed by atoms with Crippen molar-refractivity contribution in [2.24, 2.45) is 0 Å². The third-order valence-electron chi connectivity index (χ3n) is 2.84. The van der Waals surface area contributed by atoms with Gasteiger partial charge in [-0.2, -0.15) is 0 Å². The molecule has 20 heavy (non-hydrogen) atoms. The number of aliphatic hydroxyl groups is 1. The molecule has 1 aromatic heterocycles. The van der Waals surface area contributed by atoms with Crippen LogP contribution in [-0.2, 0) is 4.79 Å². The summed E-state index contributed by atoms with van der Waals surface area (Å²) in [7, 11) is 0. The van der Waals surface area contributed by atoms with Crippen LogP contribution in [0.1, 0.15) is 22.5 Å². The molecule has 6 heteroatoms. The maximum absolute atomic E-state index is 12.2. The summed E-state index contributed by atoms with van der Waals surface area (Å²) in [5.74, 6) is 4.80. The molecular formula is C14H15N3O3. The van der Waals surface area contributed by atoms with Gasteiger partial charge in [0, 0.05) is 24.8 Å². The molecule has 0 radical (unpaired) electrons. The molecule has 1 aliphatic rings. The normalized spacial score (nSPS) is 14.8. The minimum Gasteiger partial charge on any atom is -0.384 e. The minimum absolute atomic E-state index is 0.0621. The Labute approximate surface area is 116 Å². The predicted octanol–water partition coefficient (Wildman–Crippen LogP) is -0.613. The van der Waals surface area contributed by atoms with Crippen LogP contribution < -0.4 is 5.32 Å². The Morgan fingerprint density at radius 3 is 3.05 bits per heavy atom. The van der Waals surface area contributed by atoms with E-state index in [0.29, 0.717) is 18.7 Å². The number of amides is 2. The van der Waals surface area contributed by atoms with Crippen molar-refractivity contribution in [3.05, 3.63) is 29.6 Å². The van der Waals surface area contributed by atoms with Crippen LogP contribution in [0.5, 0.6) is 0 Å². The van der Waals surface area contributed by atoms with Gasteiger partial charge in [-0.3, -0.25) is 9.59 Å². The second-order valence-corrected chi connectivity index (χ2v) is 4.32. The van der Waals surface area contributed by atoms with E-state index in [9.17, 15) is 9.59 Å². The summed E-state index contributed by atoms with van der Waals surface area (Å²) in [4.78, 5) is 29.2. The first-order valence-corrected chi connectivity index (χ1v) is 6.32. The maximum Gasteiger partial charge on any atom is 0.272 e. The summed E-state index contributed by atoms with van der Waals surface area (Å²) in [6, 6.07) is 3.24. The number of hydrogen-bond acceptors (Lipinski definition) is 4. The average molecular weight is 273 g/mol. The zero-order valence-corrected chi connectivity index (χ0v) is 10.9. The van der Waals surface area contributed by atoms with Crippen molar-refractivity contribution in [2.75, 3.05) is 26.2 Å². The highest BCUT2D eigenvalue weighted by Crippen LogP contribution is 2.06. The zero-order chi connectivity index (χ0) is 14.4. The minimum atomic E-state index is -0.260. The van der Waals surface area contributed by atoms with E-state index in [0.717, 1.165) is 6.42 Å². The highest BCUT2D eigenvalue weighted by atomic mass is 16.2. The smallest absolute Gasteiger partial charge is 0.272 e. The molecule has 0 unspecified atom stereocenters. The van der Waals surface area contributed by atoms with Crippen LogP contribution >= 0.6 is 0 Å². The Hall–Kier alpha value is -2.39. The molecule has 0 saturated carbocycles. The fourth-order valence-electron chi connectivity index (χ4n) is 1.88. The van der Waals surface area contributed by atoms with Crippen LogP contribution in [0.2, 0.25) is 0 Å². The molecule has 6 nitrogen and oxygen atoms in total. The van der Waals surface area contributed by atoms with E-state index in [1.54, 1.807) is 12.1 Å². The van der Waals surface area contributed by atoms with Crippen LogP contribution in [0.15, 0.2) is 18.3 Å². The number of rotatable bonds is 1. The van der Waals surface area contributed by atoms with Gasteiger partial charge in [0.25, 0.3) is 5.91 Å². The van der Waals surface area contributed by atoms with Crippen molar-refractivity contribution >= 4 is 11.8 Å². The summed E-state index contributed by atoms with van der Waals surface area (Å²) >= 11 is 0. The van der Waals surface area contributed by atoms with E-state index in [1.807, 2.05) is 0 Å². The Balaban J connectivity index is 2.10. The molecule has 0 aliphatic carbocycles. The SMILES string of the molecule is O=C1CN(C(=O)c2ccc(C#CCO)cn2)CCCN1. The second kappa shape index (κ2) is 6.68. The van der Waals surface area contributed by atoms with Crippen molar-refractivity contribution in [2.45, 2.75) is 6.42 Å². The number of nitrogens with one attached hydrogen (secondary N) is 1. The molecule has 2 N–H and O–H groups in total. The average Bonchev–Trinajstić information content (AvgIpc) is 2.69. The van der Waals surface area contributed by atoms with Gasteiger partial charge in [0.05, 0.1) is 6.54 Å². The molecule has 1 aromatic rings. The van der Waals surface area contributed by atoms with E-state index in [-0.39, 0.29) is 30.7 Å². The van der Waals surface area contributed by atoms with Crippen molar-refractivity contribution in [3.8, 4) is 11.8 Å².